The van der Waals surface area contributed by atoms with E-state index in [1.54, 1.807) is 7.11 Å². The summed E-state index contributed by atoms with van der Waals surface area (Å²) in [5.41, 5.74) is 0. The van der Waals surface area contributed by atoms with E-state index in [9.17, 15) is 0 Å². The number of hydrogen-bond acceptors (Lipinski definition) is 6. The van der Waals surface area contributed by atoms with Crippen LogP contribution in [0.1, 0.15) is 26.2 Å². The summed E-state index contributed by atoms with van der Waals surface area (Å²) in [5.74, 6) is 1.79. The maximum atomic E-state index is 5.75. The highest BCUT2D eigenvalue weighted by Gasteiger charge is 2.15. The van der Waals surface area contributed by atoms with E-state index in [0.717, 1.165) is 19.5 Å². The standard InChI is InChI=1S/C14H24N4O2/c1-3-6-15-13-12(19-2)14(17-11-16-13)20-10-9-18-7-4-5-8-18/h11H,3-10H2,1-2H3,(H,15,16,17). The summed E-state index contributed by atoms with van der Waals surface area (Å²) < 4.78 is 11.1. The number of ether oxygens (including phenoxy) is 2. The topological polar surface area (TPSA) is 59.5 Å². The molecule has 6 heteroatoms. The highest BCUT2D eigenvalue weighted by atomic mass is 16.5. The van der Waals surface area contributed by atoms with Gasteiger partial charge in [-0.3, -0.25) is 4.90 Å². The van der Waals surface area contributed by atoms with E-state index in [1.165, 1.54) is 32.3 Å². The van der Waals surface area contributed by atoms with Crippen LogP contribution in [0, 0.1) is 0 Å². The lowest BCUT2D eigenvalue weighted by atomic mass is 10.4. The Balaban J connectivity index is 1.91. The maximum Gasteiger partial charge on any atom is 0.262 e. The highest BCUT2D eigenvalue weighted by Crippen LogP contribution is 2.30. The van der Waals surface area contributed by atoms with Crippen LogP contribution >= 0.6 is 0 Å². The van der Waals surface area contributed by atoms with Crippen molar-refractivity contribution >= 4 is 5.82 Å². The van der Waals surface area contributed by atoms with Crippen molar-refractivity contribution in [3.63, 3.8) is 0 Å². The number of hydrogen-bond donors (Lipinski definition) is 1. The molecular formula is C14H24N4O2. The van der Waals surface area contributed by atoms with Gasteiger partial charge in [-0.1, -0.05) is 6.92 Å². The fourth-order valence-electron chi connectivity index (χ4n) is 2.29. The van der Waals surface area contributed by atoms with E-state index in [4.69, 9.17) is 9.47 Å². The highest BCUT2D eigenvalue weighted by molar-refractivity contribution is 5.54. The van der Waals surface area contributed by atoms with Crippen LogP contribution in [-0.2, 0) is 0 Å². The summed E-state index contributed by atoms with van der Waals surface area (Å²) in [5, 5.41) is 3.22. The van der Waals surface area contributed by atoms with E-state index in [2.05, 4.69) is 27.1 Å². The second-order valence-corrected chi connectivity index (χ2v) is 4.88. The van der Waals surface area contributed by atoms with Crippen molar-refractivity contribution in [2.24, 2.45) is 0 Å². The molecule has 1 aromatic rings. The summed E-state index contributed by atoms with van der Waals surface area (Å²) >= 11 is 0. The fraction of sp³-hybridized carbons (Fsp3) is 0.714. The smallest absolute Gasteiger partial charge is 0.262 e. The van der Waals surface area contributed by atoms with Gasteiger partial charge >= 0.3 is 0 Å². The average molecular weight is 280 g/mol. The van der Waals surface area contributed by atoms with E-state index in [-0.39, 0.29) is 0 Å². The molecule has 0 saturated carbocycles. The van der Waals surface area contributed by atoms with Gasteiger partial charge in [-0.15, -0.1) is 0 Å². The van der Waals surface area contributed by atoms with Crippen molar-refractivity contribution in [3.8, 4) is 11.6 Å². The van der Waals surface area contributed by atoms with E-state index >= 15 is 0 Å². The second kappa shape index (κ2) is 7.89. The lowest BCUT2D eigenvalue weighted by Gasteiger charge is -2.16. The Bertz CT molecular complexity index is 408. The predicted molar refractivity (Wildman–Crippen MR) is 78.5 cm³/mol. The molecule has 6 nitrogen and oxygen atoms in total. The zero-order valence-corrected chi connectivity index (χ0v) is 12.4. The Morgan fingerprint density at radius 1 is 1.30 bits per heavy atom. The van der Waals surface area contributed by atoms with Gasteiger partial charge < -0.3 is 14.8 Å². The van der Waals surface area contributed by atoms with Crippen LogP contribution in [0.5, 0.6) is 11.6 Å². The summed E-state index contributed by atoms with van der Waals surface area (Å²) in [6.07, 6.45) is 5.12. The second-order valence-electron chi connectivity index (χ2n) is 4.88. The average Bonchev–Trinajstić information content (AvgIpc) is 2.98. The molecule has 20 heavy (non-hydrogen) atoms. The number of nitrogens with zero attached hydrogens (tertiary/aromatic N) is 3. The molecule has 112 valence electrons. The van der Waals surface area contributed by atoms with Gasteiger partial charge in [0, 0.05) is 13.1 Å². The summed E-state index contributed by atoms with van der Waals surface area (Å²) in [7, 11) is 1.61. The first kappa shape index (κ1) is 14.8. The molecule has 1 aliphatic rings. The Morgan fingerprint density at radius 3 is 2.80 bits per heavy atom. The van der Waals surface area contributed by atoms with Crippen molar-refractivity contribution in [3.05, 3.63) is 6.33 Å². The Kier molecular flexibility index (Phi) is 5.86. The lowest BCUT2D eigenvalue weighted by molar-refractivity contribution is 0.223. The van der Waals surface area contributed by atoms with Gasteiger partial charge in [-0.05, 0) is 32.4 Å². The molecule has 1 fully saturated rings. The van der Waals surface area contributed by atoms with Gasteiger partial charge in [0.25, 0.3) is 5.88 Å². The van der Waals surface area contributed by atoms with Crippen LogP contribution in [-0.4, -0.2) is 54.8 Å². The molecule has 0 unspecified atom stereocenters. The normalized spacial score (nSPS) is 15.3. The Morgan fingerprint density at radius 2 is 2.10 bits per heavy atom. The molecule has 0 radical (unpaired) electrons. The summed E-state index contributed by atoms with van der Waals surface area (Å²) in [6.45, 7) is 6.86. The number of anilines is 1. The van der Waals surface area contributed by atoms with Crippen molar-refractivity contribution in [1.82, 2.24) is 14.9 Å². The number of likely N-dealkylation sites (tertiary alicyclic amines) is 1. The Hall–Kier alpha value is -1.56. The minimum Gasteiger partial charge on any atom is -0.489 e. The zero-order chi connectivity index (χ0) is 14.2. The largest absolute Gasteiger partial charge is 0.489 e. The minimum absolute atomic E-state index is 0.514. The van der Waals surface area contributed by atoms with Crippen molar-refractivity contribution in [2.75, 3.05) is 45.2 Å². The quantitative estimate of drug-likeness (QED) is 0.783. The van der Waals surface area contributed by atoms with Gasteiger partial charge in [0.2, 0.25) is 5.75 Å². The third kappa shape index (κ3) is 3.96. The van der Waals surface area contributed by atoms with Crippen LogP contribution in [0.4, 0.5) is 5.82 Å². The van der Waals surface area contributed by atoms with Crippen molar-refractivity contribution in [2.45, 2.75) is 26.2 Å². The molecular weight excluding hydrogens is 256 g/mol. The zero-order valence-electron chi connectivity index (χ0n) is 12.4. The van der Waals surface area contributed by atoms with Crippen molar-refractivity contribution < 1.29 is 9.47 Å². The minimum atomic E-state index is 0.514. The predicted octanol–water partition coefficient (Wildman–Crippen LogP) is 1.78. The van der Waals surface area contributed by atoms with E-state index < -0.39 is 0 Å². The number of methoxy groups -OCH3 is 1. The van der Waals surface area contributed by atoms with E-state index in [1.807, 2.05) is 0 Å². The SMILES string of the molecule is CCCNc1ncnc(OCCN2CCCC2)c1OC. The molecule has 0 aromatic carbocycles. The molecule has 2 rings (SSSR count). The first-order valence-electron chi connectivity index (χ1n) is 7.33. The Labute approximate surface area is 120 Å². The first-order valence-corrected chi connectivity index (χ1v) is 7.33. The molecule has 1 saturated heterocycles. The third-order valence-corrected chi connectivity index (χ3v) is 3.36. The molecule has 0 spiro atoms. The van der Waals surface area contributed by atoms with Crippen LogP contribution in [0.15, 0.2) is 6.33 Å². The molecule has 0 bridgehead atoms. The number of aromatic nitrogens is 2. The van der Waals surface area contributed by atoms with Gasteiger partial charge in [0.1, 0.15) is 12.9 Å². The monoisotopic (exact) mass is 280 g/mol. The molecule has 0 atom stereocenters. The van der Waals surface area contributed by atoms with Gasteiger partial charge in [0.15, 0.2) is 5.82 Å². The lowest BCUT2D eigenvalue weighted by Crippen LogP contribution is -2.25. The van der Waals surface area contributed by atoms with Gasteiger partial charge in [-0.2, -0.15) is 4.98 Å². The van der Waals surface area contributed by atoms with Crippen LogP contribution in [0.2, 0.25) is 0 Å². The molecule has 0 amide bonds. The first-order chi connectivity index (χ1) is 9.85. The molecule has 2 heterocycles. The summed E-state index contributed by atoms with van der Waals surface area (Å²) in [4.78, 5) is 10.8. The number of nitrogens with one attached hydrogen (secondary N) is 1. The molecule has 1 aromatic heterocycles. The molecule has 1 aliphatic heterocycles. The molecule has 0 aliphatic carbocycles. The maximum absolute atomic E-state index is 5.75. The fourth-order valence-corrected chi connectivity index (χ4v) is 2.29. The van der Waals surface area contributed by atoms with Crippen LogP contribution in [0.3, 0.4) is 0 Å². The van der Waals surface area contributed by atoms with Crippen molar-refractivity contribution in [1.29, 1.82) is 0 Å². The summed E-state index contributed by atoms with van der Waals surface area (Å²) in [6, 6.07) is 0. The van der Waals surface area contributed by atoms with E-state index in [0.29, 0.717) is 24.1 Å². The molecule has 1 N–H and O–H groups in total. The number of rotatable bonds is 8. The third-order valence-electron chi connectivity index (χ3n) is 3.36. The van der Waals surface area contributed by atoms with Crippen LogP contribution in [0.25, 0.3) is 0 Å². The van der Waals surface area contributed by atoms with Gasteiger partial charge in [0.05, 0.1) is 7.11 Å². The van der Waals surface area contributed by atoms with Gasteiger partial charge in [-0.25, -0.2) is 4.98 Å². The van der Waals surface area contributed by atoms with Crippen LogP contribution < -0.4 is 14.8 Å².